The molecule has 1 atom stereocenters. The van der Waals surface area contributed by atoms with Crippen molar-refractivity contribution in [2.45, 2.75) is 52.2 Å². The number of hydrogen-bond acceptors (Lipinski definition) is 10. The number of rotatable bonds is 10. The first-order valence-corrected chi connectivity index (χ1v) is 13.9. The predicted octanol–water partition coefficient (Wildman–Crippen LogP) is 5.07. The van der Waals surface area contributed by atoms with Gasteiger partial charge in [0.25, 0.3) is 5.60 Å². The molecule has 1 aliphatic rings. The smallest absolute Gasteiger partial charge is 0.358 e. The molecule has 1 unspecified atom stereocenters. The molecule has 0 fully saturated rings. The van der Waals surface area contributed by atoms with Crippen LogP contribution in [0.15, 0.2) is 34.9 Å². The van der Waals surface area contributed by atoms with Gasteiger partial charge in [0.15, 0.2) is 40.7 Å². The van der Waals surface area contributed by atoms with E-state index < -0.39 is 47.2 Å². The lowest BCUT2D eigenvalue weighted by molar-refractivity contribution is -0.166. The Bertz CT molecular complexity index is 1720. The van der Waals surface area contributed by atoms with E-state index in [1.165, 1.54) is 7.11 Å². The van der Waals surface area contributed by atoms with Gasteiger partial charge in [-0.05, 0) is 38.5 Å². The molecule has 0 N–H and O–H groups in total. The standard InChI is InChI=1S/C30H29F3N4O7/c1-5-41-23(38)14-18-12-20(31)24(32)25(33)26(18)44-30(29(39)42-6-2)10-7-11-37-27(35-36-28(30)37)17-8-9-19(21(13-17)40-4)22-15-34-16(3)43-22/h8-9,12-13,15H,5-7,10-11,14H2,1-4H3. The summed E-state index contributed by atoms with van der Waals surface area (Å²) in [6, 6.07) is 5.85. The zero-order valence-electron chi connectivity index (χ0n) is 24.4. The Kier molecular flexibility index (Phi) is 8.61. The van der Waals surface area contributed by atoms with Crippen LogP contribution < -0.4 is 9.47 Å². The van der Waals surface area contributed by atoms with E-state index in [0.29, 0.717) is 53.4 Å². The number of aromatic nitrogens is 4. The van der Waals surface area contributed by atoms with Crippen molar-refractivity contribution in [2.24, 2.45) is 0 Å². The molecule has 2 aromatic heterocycles. The van der Waals surface area contributed by atoms with E-state index in [1.54, 1.807) is 49.7 Å². The number of carbonyl (C=O) groups is 2. The van der Waals surface area contributed by atoms with Crippen LogP contribution in [0.25, 0.3) is 22.7 Å². The molecule has 0 saturated heterocycles. The van der Waals surface area contributed by atoms with E-state index in [0.717, 1.165) is 0 Å². The summed E-state index contributed by atoms with van der Waals surface area (Å²) in [6.45, 7) is 5.12. The van der Waals surface area contributed by atoms with Crippen LogP contribution in [-0.2, 0) is 37.6 Å². The number of oxazole rings is 1. The molecule has 5 rings (SSSR count). The van der Waals surface area contributed by atoms with Crippen molar-refractivity contribution in [3.8, 4) is 34.2 Å². The molecular formula is C30H29F3N4O7. The predicted molar refractivity (Wildman–Crippen MR) is 147 cm³/mol. The summed E-state index contributed by atoms with van der Waals surface area (Å²) in [5.41, 5.74) is -1.27. The van der Waals surface area contributed by atoms with Crippen LogP contribution in [0.5, 0.6) is 11.5 Å². The van der Waals surface area contributed by atoms with Crippen LogP contribution in [0.3, 0.4) is 0 Å². The molecule has 232 valence electrons. The van der Waals surface area contributed by atoms with E-state index in [1.807, 2.05) is 0 Å². The number of nitrogens with zero attached hydrogens (tertiary/aromatic N) is 4. The average Bonchev–Trinajstić information content (AvgIpc) is 3.65. The average molecular weight is 615 g/mol. The number of carbonyl (C=O) groups excluding carboxylic acids is 2. The van der Waals surface area contributed by atoms with Gasteiger partial charge < -0.3 is 27.9 Å². The highest BCUT2D eigenvalue weighted by Crippen LogP contribution is 2.42. The van der Waals surface area contributed by atoms with Crippen LogP contribution in [0.1, 0.15) is 44.0 Å². The first-order valence-electron chi connectivity index (χ1n) is 13.9. The van der Waals surface area contributed by atoms with Gasteiger partial charge in [0.1, 0.15) is 5.75 Å². The van der Waals surface area contributed by atoms with Crippen molar-refractivity contribution in [2.75, 3.05) is 20.3 Å². The van der Waals surface area contributed by atoms with Crippen LogP contribution >= 0.6 is 0 Å². The molecule has 0 radical (unpaired) electrons. The Morgan fingerprint density at radius 1 is 1.07 bits per heavy atom. The molecular weight excluding hydrogens is 585 g/mol. The number of methoxy groups -OCH3 is 1. The highest BCUT2D eigenvalue weighted by molar-refractivity contribution is 5.82. The maximum absolute atomic E-state index is 15.3. The van der Waals surface area contributed by atoms with Crippen molar-refractivity contribution in [3.05, 3.63) is 65.2 Å². The zero-order valence-corrected chi connectivity index (χ0v) is 24.4. The van der Waals surface area contributed by atoms with Gasteiger partial charge in [0.05, 0.1) is 38.5 Å². The minimum absolute atomic E-state index is 0.00361. The number of hydrogen-bond donors (Lipinski definition) is 0. The van der Waals surface area contributed by atoms with Crippen LogP contribution in [0.4, 0.5) is 13.2 Å². The number of halogens is 3. The maximum atomic E-state index is 15.3. The molecule has 14 heteroatoms. The van der Waals surface area contributed by atoms with Gasteiger partial charge in [0.2, 0.25) is 5.82 Å². The summed E-state index contributed by atoms with van der Waals surface area (Å²) >= 11 is 0. The van der Waals surface area contributed by atoms with Gasteiger partial charge in [-0.3, -0.25) is 4.79 Å². The molecule has 0 aliphatic carbocycles. The second-order valence-corrected chi connectivity index (χ2v) is 9.87. The summed E-state index contributed by atoms with van der Waals surface area (Å²) < 4.78 is 73.2. The topological polar surface area (TPSA) is 128 Å². The third-order valence-corrected chi connectivity index (χ3v) is 7.08. The van der Waals surface area contributed by atoms with Crippen molar-refractivity contribution in [1.82, 2.24) is 19.7 Å². The SMILES string of the molecule is CCOC(=O)Cc1cc(F)c(F)c(F)c1OC1(C(=O)OCC)CCCn2c(-c3ccc(-c4cnc(C)o4)c(OC)c3)nnc21. The van der Waals surface area contributed by atoms with Crippen LogP contribution in [0.2, 0.25) is 0 Å². The number of esters is 2. The van der Waals surface area contributed by atoms with E-state index in [-0.39, 0.29) is 31.0 Å². The highest BCUT2D eigenvalue weighted by Gasteiger charge is 2.52. The number of aryl methyl sites for hydroxylation is 1. The fourth-order valence-corrected chi connectivity index (χ4v) is 5.13. The lowest BCUT2D eigenvalue weighted by Gasteiger charge is -2.35. The lowest BCUT2D eigenvalue weighted by Crippen LogP contribution is -2.48. The van der Waals surface area contributed by atoms with Crippen LogP contribution in [-0.4, -0.2) is 52.0 Å². The quantitative estimate of drug-likeness (QED) is 0.176. The maximum Gasteiger partial charge on any atom is 0.358 e. The Labute approximate surface area is 249 Å². The summed E-state index contributed by atoms with van der Waals surface area (Å²) in [5, 5.41) is 8.56. The summed E-state index contributed by atoms with van der Waals surface area (Å²) in [5.74, 6) is -5.99. The second-order valence-electron chi connectivity index (χ2n) is 9.87. The van der Waals surface area contributed by atoms with Gasteiger partial charge >= 0.3 is 11.9 Å². The van der Waals surface area contributed by atoms with E-state index in [4.69, 9.17) is 23.4 Å². The summed E-state index contributed by atoms with van der Waals surface area (Å²) in [6.07, 6.45) is 1.17. The molecule has 2 aromatic carbocycles. The third-order valence-electron chi connectivity index (χ3n) is 7.08. The summed E-state index contributed by atoms with van der Waals surface area (Å²) in [4.78, 5) is 30.0. The summed E-state index contributed by atoms with van der Waals surface area (Å²) in [7, 11) is 1.50. The third kappa shape index (κ3) is 5.47. The largest absolute Gasteiger partial charge is 0.496 e. The fourth-order valence-electron chi connectivity index (χ4n) is 5.13. The van der Waals surface area contributed by atoms with E-state index in [9.17, 15) is 18.4 Å². The number of fused-ring (bicyclic) bond motifs is 1. The molecule has 11 nitrogen and oxygen atoms in total. The second kappa shape index (κ2) is 12.4. The van der Waals surface area contributed by atoms with E-state index >= 15 is 4.39 Å². The first-order chi connectivity index (χ1) is 21.1. The van der Waals surface area contributed by atoms with Crippen molar-refractivity contribution in [3.63, 3.8) is 0 Å². The molecule has 44 heavy (non-hydrogen) atoms. The molecule has 0 spiro atoms. The zero-order chi connectivity index (χ0) is 31.6. The first kappa shape index (κ1) is 30.6. The number of benzene rings is 2. The molecule has 1 aliphatic heterocycles. The molecule has 4 aromatic rings. The Balaban J connectivity index is 1.62. The van der Waals surface area contributed by atoms with Gasteiger partial charge in [-0.25, -0.2) is 18.6 Å². The fraction of sp³-hybridized carbons (Fsp3) is 0.367. The molecule has 0 amide bonds. The lowest BCUT2D eigenvalue weighted by atomic mass is 9.92. The molecule has 3 heterocycles. The molecule has 0 saturated carbocycles. The minimum Gasteiger partial charge on any atom is -0.496 e. The van der Waals surface area contributed by atoms with Gasteiger partial charge in [0, 0.05) is 31.0 Å². The van der Waals surface area contributed by atoms with Crippen LogP contribution in [0, 0.1) is 24.4 Å². The highest BCUT2D eigenvalue weighted by atomic mass is 19.2. The van der Waals surface area contributed by atoms with Crippen molar-refractivity contribution < 1.29 is 46.1 Å². The van der Waals surface area contributed by atoms with Crippen molar-refractivity contribution in [1.29, 1.82) is 0 Å². The Morgan fingerprint density at radius 3 is 2.52 bits per heavy atom. The normalized spacial score (nSPS) is 15.9. The Hall–Kier alpha value is -4.88. The Morgan fingerprint density at radius 2 is 1.84 bits per heavy atom. The van der Waals surface area contributed by atoms with Crippen molar-refractivity contribution >= 4 is 11.9 Å². The van der Waals surface area contributed by atoms with Gasteiger partial charge in [-0.1, -0.05) is 6.07 Å². The molecule has 0 bridgehead atoms. The monoisotopic (exact) mass is 614 g/mol. The minimum atomic E-state index is -2.12. The number of ether oxygens (including phenoxy) is 4. The van der Waals surface area contributed by atoms with Gasteiger partial charge in [-0.15, -0.1) is 10.2 Å². The van der Waals surface area contributed by atoms with E-state index in [2.05, 4.69) is 15.2 Å². The van der Waals surface area contributed by atoms with Gasteiger partial charge in [-0.2, -0.15) is 4.39 Å².